The number of hydrogen-bond donors (Lipinski definition) is 2. The van der Waals surface area contributed by atoms with Gasteiger partial charge in [-0.05, 0) is 33.4 Å². The number of rotatable bonds is 8. The second kappa shape index (κ2) is 8.12. The van der Waals surface area contributed by atoms with Crippen molar-refractivity contribution in [3.05, 3.63) is 23.8 Å². The van der Waals surface area contributed by atoms with E-state index in [1.165, 1.54) is 0 Å². The summed E-state index contributed by atoms with van der Waals surface area (Å²) in [6.45, 7) is 10.5. The normalized spacial score (nSPS) is 12.7. The number of aromatic hydroxyl groups is 1. The van der Waals surface area contributed by atoms with E-state index in [0.29, 0.717) is 12.4 Å². The van der Waals surface area contributed by atoms with Crippen molar-refractivity contribution in [3.63, 3.8) is 0 Å². The van der Waals surface area contributed by atoms with Crippen LogP contribution < -0.4 is 10.2 Å². The molecule has 1 atom stereocenters. The molecular formula is C16H28N2O2. The number of anilines is 1. The molecule has 0 aliphatic heterocycles. The largest absolute Gasteiger partial charge is 0.508 e. The zero-order chi connectivity index (χ0) is 15.1. The first-order valence-electron chi connectivity index (χ1n) is 7.34. The van der Waals surface area contributed by atoms with Crippen LogP contribution in [0.25, 0.3) is 0 Å². The third kappa shape index (κ3) is 5.02. The van der Waals surface area contributed by atoms with E-state index in [9.17, 15) is 5.11 Å². The first kappa shape index (κ1) is 16.8. The zero-order valence-electron chi connectivity index (χ0n) is 13.3. The Morgan fingerprint density at radius 2 is 2.00 bits per heavy atom. The lowest BCUT2D eigenvalue weighted by Crippen LogP contribution is -2.24. The molecule has 0 heterocycles. The molecule has 0 aromatic heterocycles. The topological polar surface area (TPSA) is 44.7 Å². The molecule has 0 spiro atoms. The van der Waals surface area contributed by atoms with Gasteiger partial charge in [0.1, 0.15) is 5.75 Å². The molecule has 0 fully saturated rings. The Kier molecular flexibility index (Phi) is 6.82. The van der Waals surface area contributed by atoms with Gasteiger partial charge in [-0.1, -0.05) is 13.0 Å². The molecule has 4 heteroatoms. The van der Waals surface area contributed by atoms with Gasteiger partial charge in [-0.2, -0.15) is 0 Å². The van der Waals surface area contributed by atoms with Gasteiger partial charge >= 0.3 is 0 Å². The Morgan fingerprint density at radius 3 is 2.55 bits per heavy atom. The van der Waals surface area contributed by atoms with Gasteiger partial charge in [0.25, 0.3) is 0 Å². The number of hydrogen-bond acceptors (Lipinski definition) is 4. The number of benzene rings is 1. The smallest absolute Gasteiger partial charge is 0.122 e. The van der Waals surface area contributed by atoms with Crippen molar-refractivity contribution < 1.29 is 9.84 Å². The summed E-state index contributed by atoms with van der Waals surface area (Å²) in [4.78, 5) is 2.09. The summed E-state index contributed by atoms with van der Waals surface area (Å²) >= 11 is 0. The standard InChI is InChI=1S/C16H28N2O2/c1-6-17-13(4)15-8-7-14(11-16(15)19)18(5)9-10-20-12(2)3/h7-8,11-13,17,19H,6,9-10H2,1-5H3. The molecule has 1 unspecified atom stereocenters. The maximum absolute atomic E-state index is 10.2. The molecule has 1 rings (SSSR count). The van der Waals surface area contributed by atoms with Gasteiger partial charge in [-0.15, -0.1) is 0 Å². The molecule has 20 heavy (non-hydrogen) atoms. The first-order valence-corrected chi connectivity index (χ1v) is 7.34. The van der Waals surface area contributed by atoms with Crippen LogP contribution in [0.15, 0.2) is 18.2 Å². The first-order chi connectivity index (χ1) is 9.45. The molecule has 0 amide bonds. The third-order valence-corrected chi connectivity index (χ3v) is 3.31. The Bertz CT molecular complexity index is 407. The molecule has 0 aliphatic rings. The molecule has 114 valence electrons. The van der Waals surface area contributed by atoms with E-state index in [4.69, 9.17) is 4.74 Å². The third-order valence-electron chi connectivity index (χ3n) is 3.31. The molecule has 0 saturated carbocycles. The number of phenols is 1. The minimum atomic E-state index is 0.156. The van der Waals surface area contributed by atoms with Crippen LogP contribution >= 0.6 is 0 Å². The summed E-state index contributed by atoms with van der Waals surface area (Å²) in [6.07, 6.45) is 0.250. The average Bonchev–Trinajstić information content (AvgIpc) is 2.38. The van der Waals surface area contributed by atoms with Crippen molar-refractivity contribution in [2.75, 3.05) is 31.6 Å². The molecule has 0 radical (unpaired) electrons. The van der Waals surface area contributed by atoms with E-state index in [0.717, 1.165) is 24.3 Å². The summed E-state index contributed by atoms with van der Waals surface area (Å²) in [5.74, 6) is 0.340. The van der Waals surface area contributed by atoms with Crippen LogP contribution in [0.2, 0.25) is 0 Å². The van der Waals surface area contributed by atoms with Gasteiger partial charge in [0.15, 0.2) is 0 Å². The molecule has 0 bridgehead atoms. The van der Waals surface area contributed by atoms with Crippen molar-refractivity contribution >= 4 is 5.69 Å². The predicted molar refractivity (Wildman–Crippen MR) is 84.6 cm³/mol. The minimum Gasteiger partial charge on any atom is -0.508 e. The van der Waals surface area contributed by atoms with E-state index in [1.807, 2.05) is 39.1 Å². The molecule has 1 aromatic carbocycles. The van der Waals surface area contributed by atoms with Crippen LogP contribution in [0, 0.1) is 0 Å². The van der Waals surface area contributed by atoms with Crippen LogP contribution in [0.1, 0.15) is 39.3 Å². The highest BCUT2D eigenvalue weighted by atomic mass is 16.5. The summed E-state index contributed by atoms with van der Waals surface area (Å²) < 4.78 is 5.54. The second-order valence-electron chi connectivity index (χ2n) is 5.36. The van der Waals surface area contributed by atoms with Crippen molar-refractivity contribution in [2.24, 2.45) is 0 Å². The summed E-state index contributed by atoms with van der Waals surface area (Å²) in [5.41, 5.74) is 1.93. The minimum absolute atomic E-state index is 0.156. The average molecular weight is 280 g/mol. The fourth-order valence-electron chi connectivity index (χ4n) is 2.11. The number of nitrogens with one attached hydrogen (secondary N) is 1. The van der Waals surface area contributed by atoms with Gasteiger partial charge in [-0.3, -0.25) is 0 Å². The summed E-state index contributed by atoms with van der Waals surface area (Å²) in [5, 5.41) is 13.5. The Labute approximate surface area is 122 Å². The highest BCUT2D eigenvalue weighted by Gasteiger charge is 2.11. The molecule has 0 aliphatic carbocycles. The van der Waals surface area contributed by atoms with E-state index >= 15 is 0 Å². The van der Waals surface area contributed by atoms with Crippen LogP contribution in [-0.2, 0) is 4.74 Å². The molecule has 1 aromatic rings. The van der Waals surface area contributed by atoms with Crippen molar-refractivity contribution in [3.8, 4) is 5.75 Å². The van der Waals surface area contributed by atoms with Crippen molar-refractivity contribution in [2.45, 2.75) is 39.8 Å². The maximum Gasteiger partial charge on any atom is 0.122 e. The van der Waals surface area contributed by atoms with E-state index < -0.39 is 0 Å². The maximum atomic E-state index is 10.2. The Morgan fingerprint density at radius 1 is 1.30 bits per heavy atom. The fourth-order valence-corrected chi connectivity index (χ4v) is 2.11. The van der Waals surface area contributed by atoms with Crippen LogP contribution in [0.5, 0.6) is 5.75 Å². The Balaban J connectivity index is 2.66. The lowest BCUT2D eigenvalue weighted by atomic mass is 10.1. The monoisotopic (exact) mass is 280 g/mol. The fraction of sp³-hybridized carbons (Fsp3) is 0.625. The Hall–Kier alpha value is -1.26. The van der Waals surface area contributed by atoms with Crippen LogP contribution in [-0.4, -0.2) is 38.0 Å². The zero-order valence-corrected chi connectivity index (χ0v) is 13.3. The highest BCUT2D eigenvalue weighted by Crippen LogP contribution is 2.28. The van der Waals surface area contributed by atoms with E-state index in [-0.39, 0.29) is 12.1 Å². The quantitative estimate of drug-likeness (QED) is 0.768. The molecular weight excluding hydrogens is 252 g/mol. The number of ether oxygens (including phenoxy) is 1. The molecule has 0 saturated heterocycles. The second-order valence-corrected chi connectivity index (χ2v) is 5.36. The lowest BCUT2D eigenvalue weighted by molar-refractivity contribution is 0.0846. The van der Waals surface area contributed by atoms with Gasteiger partial charge < -0.3 is 20.1 Å². The number of phenolic OH excluding ortho intramolecular Hbond substituents is 1. The van der Waals surface area contributed by atoms with Crippen molar-refractivity contribution in [1.29, 1.82) is 0 Å². The number of likely N-dealkylation sites (N-methyl/N-ethyl adjacent to an activating group) is 1. The number of nitrogens with zero attached hydrogens (tertiary/aromatic N) is 1. The van der Waals surface area contributed by atoms with Gasteiger partial charge in [0.2, 0.25) is 0 Å². The SMILES string of the molecule is CCNC(C)c1ccc(N(C)CCOC(C)C)cc1O. The van der Waals surface area contributed by atoms with Crippen molar-refractivity contribution in [1.82, 2.24) is 5.32 Å². The predicted octanol–water partition coefficient (Wildman–Crippen LogP) is 2.92. The van der Waals surface area contributed by atoms with Crippen LogP contribution in [0.4, 0.5) is 5.69 Å². The molecule has 4 nitrogen and oxygen atoms in total. The van der Waals surface area contributed by atoms with Crippen LogP contribution in [0.3, 0.4) is 0 Å². The van der Waals surface area contributed by atoms with E-state index in [2.05, 4.69) is 24.1 Å². The van der Waals surface area contributed by atoms with Gasteiger partial charge in [-0.25, -0.2) is 0 Å². The highest BCUT2D eigenvalue weighted by molar-refractivity contribution is 5.53. The summed E-state index contributed by atoms with van der Waals surface area (Å²) in [6, 6.07) is 6.00. The van der Waals surface area contributed by atoms with Gasteiger partial charge in [0.05, 0.1) is 12.7 Å². The molecule has 2 N–H and O–H groups in total. The van der Waals surface area contributed by atoms with E-state index in [1.54, 1.807) is 0 Å². The lowest BCUT2D eigenvalue weighted by Gasteiger charge is -2.22. The van der Waals surface area contributed by atoms with Gasteiger partial charge in [0, 0.05) is 37.0 Å². The summed E-state index contributed by atoms with van der Waals surface area (Å²) in [7, 11) is 2.01.